The monoisotopic (exact) mass is 416 g/mol. The first-order valence-corrected chi connectivity index (χ1v) is 10.0. The number of aromatic amines is 1. The minimum absolute atomic E-state index is 0.0832. The van der Waals surface area contributed by atoms with Gasteiger partial charge in [0.25, 0.3) is 0 Å². The minimum atomic E-state index is -0.691. The molecule has 1 aromatic heterocycles. The van der Waals surface area contributed by atoms with E-state index in [2.05, 4.69) is 10.3 Å². The maximum atomic E-state index is 14.5. The topological polar surface area (TPSA) is 65.1 Å². The van der Waals surface area contributed by atoms with Crippen LogP contribution in [-0.4, -0.2) is 28.6 Å². The van der Waals surface area contributed by atoms with Crippen molar-refractivity contribution in [2.75, 3.05) is 6.61 Å². The SMILES string of the molecule is C[C@H](CO)NC(=O)C1CCC(c2c(-c3ccc(F)cc3)[nH]c3c(F)cc(F)cc23)C1. The molecule has 3 N–H and O–H groups in total. The second-order valence-electron chi connectivity index (χ2n) is 8.03. The molecule has 1 saturated carbocycles. The van der Waals surface area contributed by atoms with Gasteiger partial charge in [-0.1, -0.05) is 0 Å². The molecule has 30 heavy (non-hydrogen) atoms. The molecule has 1 fully saturated rings. The summed E-state index contributed by atoms with van der Waals surface area (Å²) in [4.78, 5) is 15.6. The summed E-state index contributed by atoms with van der Waals surface area (Å²) in [5, 5.41) is 12.4. The van der Waals surface area contributed by atoms with Crippen molar-refractivity contribution in [1.29, 1.82) is 0 Å². The Bertz CT molecular complexity index is 1080. The lowest BCUT2D eigenvalue weighted by molar-refractivity contribution is -0.125. The number of aliphatic hydroxyl groups excluding tert-OH is 1. The number of aromatic nitrogens is 1. The molecule has 3 aromatic rings. The van der Waals surface area contributed by atoms with Crippen LogP contribution in [-0.2, 0) is 4.79 Å². The molecule has 158 valence electrons. The third kappa shape index (κ3) is 3.81. The van der Waals surface area contributed by atoms with Gasteiger partial charge in [0, 0.05) is 23.4 Å². The molecule has 1 aliphatic rings. The molecule has 3 atom stereocenters. The molecule has 4 rings (SSSR count). The van der Waals surface area contributed by atoms with Gasteiger partial charge in [-0.2, -0.15) is 0 Å². The number of fused-ring (bicyclic) bond motifs is 1. The largest absolute Gasteiger partial charge is 0.394 e. The summed E-state index contributed by atoms with van der Waals surface area (Å²) < 4.78 is 41.9. The van der Waals surface area contributed by atoms with Crippen molar-refractivity contribution in [2.24, 2.45) is 5.92 Å². The average Bonchev–Trinajstić information content (AvgIpc) is 3.33. The number of aliphatic hydroxyl groups is 1. The highest BCUT2D eigenvalue weighted by molar-refractivity contribution is 5.92. The van der Waals surface area contributed by atoms with Gasteiger partial charge >= 0.3 is 0 Å². The highest BCUT2D eigenvalue weighted by atomic mass is 19.1. The smallest absolute Gasteiger partial charge is 0.223 e. The van der Waals surface area contributed by atoms with E-state index in [-0.39, 0.29) is 41.7 Å². The normalized spacial score (nSPS) is 19.9. The lowest BCUT2D eigenvalue weighted by atomic mass is 9.91. The highest BCUT2D eigenvalue weighted by Crippen LogP contribution is 2.46. The first-order valence-electron chi connectivity index (χ1n) is 10.0. The van der Waals surface area contributed by atoms with Gasteiger partial charge in [-0.15, -0.1) is 0 Å². The van der Waals surface area contributed by atoms with Crippen LogP contribution in [0.4, 0.5) is 13.2 Å². The van der Waals surface area contributed by atoms with Crippen LogP contribution >= 0.6 is 0 Å². The van der Waals surface area contributed by atoms with Gasteiger partial charge in [0.05, 0.1) is 17.8 Å². The maximum Gasteiger partial charge on any atom is 0.223 e. The van der Waals surface area contributed by atoms with Gasteiger partial charge in [-0.25, -0.2) is 13.2 Å². The fraction of sp³-hybridized carbons (Fsp3) is 0.348. The lowest BCUT2D eigenvalue weighted by Gasteiger charge is -2.16. The number of hydrogen-bond donors (Lipinski definition) is 3. The summed E-state index contributed by atoms with van der Waals surface area (Å²) in [6.45, 7) is 1.58. The number of benzene rings is 2. The predicted octanol–water partition coefficient (Wildman–Crippen LogP) is 4.63. The van der Waals surface area contributed by atoms with Gasteiger partial charge in [0.15, 0.2) is 0 Å². The molecule has 0 bridgehead atoms. The van der Waals surface area contributed by atoms with Crippen molar-refractivity contribution < 1.29 is 23.1 Å². The molecule has 2 aromatic carbocycles. The first-order chi connectivity index (χ1) is 14.4. The molecule has 1 amide bonds. The first kappa shape index (κ1) is 20.5. The Morgan fingerprint density at radius 3 is 2.60 bits per heavy atom. The van der Waals surface area contributed by atoms with Gasteiger partial charge < -0.3 is 15.4 Å². The summed E-state index contributed by atoms with van der Waals surface area (Å²) in [6.07, 6.45) is 1.86. The van der Waals surface area contributed by atoms with E-state index in [1.165, 1.54) is 18.2 Å². The van der Waals surface area contributed by atoms with Crippen LogP contribution in [0, 0.1) is 23.4 Å². The maximum absolute atomic E-state index is 14.5. The summed E-state index contributed by atoms with van der Waals surface area (Å²) >= 11 is 0. The van der Waals surface area contributed by atoms with Gasteiger partial charge in [0.2, 0.25) is 5.91 Å². The zero-order valence-electron chi connectivity index (χ0n) is 16.5. The number of H-pyrrole nitrogens is 1. The fourth-order valence-electron chi connectivity index (χ4n) is 4.40. The second kappa shape index (κ2) is 8.14. The number of carbonyl (C=O) groups excluding carboxylic acids is 1. The Balaban J connectivity index is 1.75. The molecule has 0 aliphatic heterocycles. The number of halogens is 3. The number of amides is 1. The molecular weight excluding hydrogens is 393 g/mol. The third-order valence-corrected chi connectivity index (χ3v) is 5.87. The van der Waals surface area contributed by atoms with E-state index in [1.807, 2.05) is 0 Å². The average molecular weight is 416 g/mol. The zero-order chi connectivity index (χ0) is 21.4. The number of rotatable bonds is 5. The fourth-order valence-corrected chi connectivity index (χ4v) is 4.40. The van der Waals surface area contributed by atoms with E-state index >= 15 is 0 Å². The third-order valence-electron chi connectivity index (χ3n) is 5.87. The van der Waals surface area contributed by atoms with Crippen LogP contribution in [0.25, 0.3) is 22.2 Å². The molecule has 0 radical (unpaired) electrons. The van der Waals surface area contributed by atoms with Crippen molar-refractivity contribution >= 4 is 16.8 Å². The Morgan fingerprint density at radius 2 is 1.90 bits per heavy atom. The van der Waals surface area contributed by atoms with E-state index < -0.39 is 11.6 Å². The van der Waals surface area contributed by atoms with Crippen molar-refractivity contribution in [3.63, 3.8) is 0 Å². The molecule has 4 nitrogen and oxygen atoms in total. The van der Waals surface area contributed by atoms with Gasteiger partial charge in [-0.3, -0.25) is 4.79 Å². The standard InChI is InChI=1S/C23H23F3N2O2/c1-12(11-29)27-23(30)15-3-2-14(8-15)20-18-9-17(25)10-19(26)22(18)28-21(20)13-4-6-16(24)7-5-13/h4-7,9-10,12,14-15,28-29H,2-3,8,11H2,1H3,(H,27,30)/t12-,14?,15?/m1/s1. The number of carbonyl (C=O) groups is 1. The summed E-state index contributed by atoms with van der Waals surface area (Å²) in [6, 6.07) is 7.64. The van der Waals surface area contributed by atoms with Crippen LogP contribution in [0.5, 0.6) is 0 Å². The van der Waals surface area contributed by atoms with Crippen LogP contribution in [0.3, 0.4) is 0 Å². The van der Waals surface area contributed by atoms with E-state index in [1.54, 1.807) is 19.1 Å². The summed E-state index contributed by atoms with van der Waals surface area (Å²) in [5.41, 5.74) is 2.24. The van der Waals surface area contributed by atoms with Crippen LogP contribution in [0.2, 0.25) is 0 Å². The van der Waals surface area contributed by atoms with Crippen molar-refractivity contribution in [3.8, 4) is 11.3 Å². The molecule has 1 aliphatic carbocycles. The predicted molar refractivity (Wildman–Crippen MR) is 108 cm³/mol. The van der Waals surface area contributed by atoms with Crippen molar-refractivity contribution in [2.45, 2.75) is 38.1 Å². The summed E-state index contributed by atoms with van der Waals surface area (Å²) in [5.74, 6) is -2.20. The zero-order valence-corrected chi connectivity index (χ0v) is 16.5. The van der Waals surface area contributed by atoms with Crippen molar-refractivity contribution in [3.05, 3.63) is 59.4 Å². The molecule has 7 heteroatoms. The van der Waals surface area contributed by atoms with E-state index in [0.29, 0.717) is 35.9 Å². The molecule has 0 spiro atoms. The highest BCUT2D eigenvalue weighted by Gasteiger charge is 2.34. The Kier molecular flexibility index (Phi) is 5.56. The molecule has 0 saturated heterocycles. The second-order valence-corrected chi connectivity index (χ2v) is 8.03. The van der Waals surface area contributed by atoms with Crippen molar-refractivity contribution in [1.82, 2.24) is 10.3 Å². The summed E-state index contributed by atoms with van der Waals surface area (Å²) in [7, 11) is 0. The number of hydrogen-bond acceptors (Lipinski definition) is 2. The van der Waals surface area contributed by atoms with Gasteiger partial charge in [-0.05, 0) is 73.6 Å². The van der Waals surface area contributed by atoms with Crippen LogP contribution in [0.15, 0.2) is 36.4 Å². The minimum Gasteiger partial charge on any atom is -0.394 e. The Hall–Kier alpha value is -2.80. The number of nitrogens with one attached hydrogen (secondary N) is 2. The van der Waals surface area contributed by atoms with Gasteiger partial charge in [0.1, 0.15) is 17.5 Å². The Morgan fingerprint density at radius 1 is 1.17 bits per heavy atom. The quantitative estimate of drug-likeness (QED) is 0.568. The molecular formula is C23H23F3N2O2. The molecule has 1 heterocycles. The molecule has 2 unspecified atom stereocenters. The van der Waals surface area contributed by atoms with Crippen LogP contribution < -0.4 is 5.32 Å². The van der Waals surface area contributed by atoms with Crippen LogP contribution in [0.1, 0.15) is 37.7 Å². The van der Waals surface area contributed by atoms with E-state index in [4.69, 9.17) is 5.11 Å². The Labute approximate surface area is 172 Å². The lowest BCUT2D eigenvalue weighted by Crippen LogP contribution is -2.38. The van der Waals surface area contributed by atoms with E-state index in [9.17, 15) is 18.0 Å². The van der Waals surface area contributed by atoms with E-state index in [0.717, 1.165) is 11.6 Å².